The van der Waals surface area contributed by atoms with Gasteiger partial charge in [0.1, 0.15) is 0 Å². The Kier molecular flexibility index (Phi) is 3.93. The van der Waals surface area contributed by atoms with E-state index in [2.05, 4.69) is 5.32 Å². The van der Waals surface area contributed by atoms with Crippen LogP contribution in [0.5, 0.6) is 0 Å². The van der Waals surface area contributed by atoms with Crippen molar-refractivity contribution in [2.45, 2.75) is 0 Å². The highest BCUT2D eigenvalue weighted by molar-refractivity contribution is 6.04. The number of halogens is 3. The summed E-state index contributed by atoms with van der Waals surface area (Å²) in [4.78, 5) is 22.7. The lowest BCUT2D eigenvalue weighted by Crippen LogP contribution is -2.14. The topological polar surface area (TPSA) is 72.2 Å². The predicted molar refractivity (Wildman–Crippen MR) is 69.2 cm³/mol. The van der Waals surface area contributed by atoms with E-state index in [9.17, 15) is 22.8 Å². The average Bonchev–Trinajstić information content (AvgIpc) is 2.44. The molecule has 0 saturated heterocycles. The van der Waals surface area contributed by atoms with Gasteiger partial charge in [0, 0.05) is 16.8 Å². The number of hydrogen-bond donors (Lipinski definition) is 2. The molecule has 0 unspecified atom stereocenters. The van der Waals surface area contributed by atoms with Crippen molar-refractivity contribution in [3.05, 3.63) is 65.0 Å². The summed E-state index contributed by atoms with van der Waals surface area (Å²) in [5.74, 6) is -6.00. The summed E-state index contributed by atoms with van der Waals surface area (Å²) in [6.45, 7) is 0. The molecular weight excluding hydrogens is 285 g/mol. The highest BCUT2D eigenvalue weighted by Gasteiger charge is 2.15. The highest BCUT2D eigenvalue weighted by Crippen LogP contribution is 2.16. The van der Waals surface area contributed by atoms with E-state index in [1.807, 2.05) is 0 Å². The highest BCUT2D eigenvalue weighted by atomic mass is 19.2. The largest absolute Gasteiger partial charge is 0.366 e. The van der Waals surface area contributed by atoms with Crippen molar-refractivity contribution in [1.82, 2.24) is 0 Å². The van der Waals surface area contributed by atoms with Crippen LogP contribution in [0.15, 0.2) is 36.4 Å². The van der Waals surface area contributed by atoms with Gasteiger partial charge in [-0.05, 0) is 36.4 Å². The molecule has 0 aliphatic heterocycles. The lowest BCUT2D eigenvalue weighted by atomic mass is 10.1. The summed E-state index contributed by atoms with van der Waals surface area (Å²) in [7, 11) is 0. The lowest BCUT2D eigenvalue weighted by molar-refractivity contribution is 0.0998. The van der Waals surface area contributed by atoms with Crippen molar-refractivity contribution in [3.63, 3.8) is 0 Å². The lowest BCUT2D eigenvalue weighted by Gasteiger charge is -2.06. The van der Waals surface area contributed by atoms with Crippen molar-refractivity contribution >= 4 is 17.5 Å². The van der Waals surface area contributed by atoms with Crippen LogP contribution >= 0.6 is 0 Å². The molecule has 0 aliphatic carbocycles. The zero-order valence-corrected chi connectivity index (χ0v) is 10.5. The molecule has 0 saturated carbocycles. The van der Waals surface area contributed by atoms with Crippen LogP contribution in [0.1, 0.15) is 20.7 Å². The van der Waals surface area contributed by atoms with Crippen LogP contribution in [0.4, 0.5) is 18.9 Å². The van der Waals surface area contributed by atoms with Gasteiger partial charge in [0.2, 0.25) is 5.91 Å². The molecule has 0 radical (unpaired) electrons. The average molecular weight is 294 g/mol. The Morgan fingerprint density at radius 2 is 1.43 bits per heavy atom. The predicted octanol–water partition coefficient (Wildman–Crippen LogP) is 2.46. The Hall–Kier alpha value is -2.83. The van der Waals surface area contributed by atoms with Gasteiger partial charge in [0.05, 0.1) is 0 Å². The van der Waals surface area contributed by atoms with Crippen molar-refractivity contribution in [3.8, 4) is 0 Å². The van der Waals surface area contributed by atoms with Crippen LogP contribution in [-0.4, -0.2) is 11.8 Å². The van der Waals surface area contributed by atoms with Gasteiger partial charge < -0.3 is 11.1 Å². The summed E-state index contributed by atoms with van der Waals surface area (Å²) in [5, 5.41) is 2.35. The zero-order valence-electron chi connectivity index (χ0n) is 10.5. The summed E-state index contributed by atoms with van der Waals surface area (Å²) in [5.41, 5.74) is 5.22. The molecule has 4 nitrogen and oxygen atoms in total. The maximum absolute atomic E-state index is 13.0. The van der Waals surface area contributed by atoms with Gasteiger partial charge >= 0.3 is 0 Å². The van der Waals surface area contributed by atoms with Gasteiger partial charge in [-0.3, -0.25) is 9.59 Å². The van der Waals surface area contributed by atoms with E-state index in [-0.39, 0.29) is 16.8 Å². The minimum absolute atomic E-state index is 0.242. The molecule has 2 aromatic carbocycles. The molecule has 21 heavy (non-hydrogen) atoms. The Balaban J connectivity index is 2.20. The van der Waals surface area contributed by atoms with Gasteiger partial charge in [-0.15, -0.1) is 0 Å². The zero-order chi connectivity index (χ0) is 15.6. The van der Waals surface area contributed by atoms with Crippen molar-refractivity contribution in [2.24, 2.45) is 5.73 Å². The molecule has 0 atom stereocenters. The quantitative estimate of drug-likeness (QED) is 0.853. The summed E-state index contributed by atoms with van der Waals surface area (Å²) >= 11 is 0. The number of primary amides is 1. The van der Waals surface area contributed by atoms with Gasteiger partial charge in [0.15, 0.2) is 17.5 Å². The minimum Gasteiger partial charge on any atom is -0.366 e. The number of benzene rings is 2. The van der Waals surface area contributed by atoms with E-state index in [0.29, 0.717) is 12.1 Å². The Morgan fingerprint density at radius 1 is 0.905 bits per heavy atom. The third kappa shape index (κ3) is 3.19. The van der Waals surface area contributed by atoms with Gasteiger partial charge in [-0.25, -0.2) is 13.2 Å². The second-order valence-corrected chi connectivity index (χ2v) is 4.15. The minimum atomic E-state index is -1.64. The molecule has 0 aliphatic rings. The van der Waals surface area contributed by atoms with Crippen LogP contribution in [0.2, 0.25) is 0 Å². The first-order valence-corrected chi connectivity index (χ1v) is 5.74. The molecule has 0 fully saturated rings. The van der Waals surface area contributed by atoms with E-state index in [1.54, 1.807) is 0 Å². The van der Waals surface area contributed by atoms with E-state index in [0.717, 1.165) is 0 Å². The van der Waals surface area contributed by atoms with Crippen LogP contribution in [-0.2, 0) is 0 Å². The summed E-state index contributed by atoms with van der Waals surface area (Å²) < 4.78 is 38.9. The first-order chi connectivity index (χ1) is 9.88. The number of amides is 2. The fraction of sp³-hybridized carbons (Fsp3) is 0. The fourth-order valence-electron chi connectivity index (χ4n) is 1.61. The van der Waals surface area contributed by atoms with Gasteiger partial charge in [0.25, 0.3) is 5.91 Å². The molecule has 0 bridgehead atoms. The molecule has 0 heterocycles. The van der Waals surface area contributed by atoms with Crippen molar-refractivity contribution in [1.29, 1.82) is 0 Å². The Bertz CT molecular complexity index is 692. The van der Waals surface area contributed by atoms with E-state index in [1.165, 1.54) is 24.3 Å². The number of anilines is 1. The number of carbonyl (C=O) groups excluding carboxylic acids is 2. The molecule has 2 aromatic rings. The van der Waals surface area contributed by atoms with Crippen molar-refractivity contribution < 1.29 is 22.8 Å². The third-order valence-corrected chi connectivity index (χ3v) is 2.67. The van der Waals surface area contributed by atoms with E-state index < -0.39 is 29.3 Å². The smallest absolute Gasteiger partial charge is 0.255 e. The first kappa shape index (κ1) is 14.6. The maximum Gasteiger partial charge on any atom is 0.255 e. The number of rotatable bonds is 3. The van der Waals surface area contributed by atoms with E-state index in [4.69, 9.17) is 5.73 Å². The first-order valence-electron chi connectivity index (χ1n) is 5.74. The number of carbonyl (C=O) groups is 2. The number of nitrogens with one attached hydrogen (secondary N) is 1. The van der Waals surface area contributed by atoms with Gasteiger partial charge in [-0.2, -0.15) is 0 Å². The Labute approximate surface area is 117 Å². The summed E-state index contributed by atoms with van der Waals surface area (Å²) in [6, 6.07) is 6.73. The molecule has 0 aromatic heterocycles. The summed E-state index contributed by atoms with van der Waals surface area (Å²) in [6.07, 6.45) is 0. The third-order valence-electron chi connectivity index (χ3n) is 2.67. The standard InChI is InChI=1S/C14H9F3N2O2/c15-10-5-8(6-11(16)12(10)17)14(21)19-9-3-1-7(2-4-9)13(18)20/h1-6H,(H2,18,20)(H,19,21). The molecular formula is C14H9F3N2O2. The van der Waals surface area contributed by atoms with Crippen LogP contribution in [0.3, 0.4) is 0 Å². The monoisotopic (exact) mass is 294 g/mol. The maximum atomic E-state index is 13.0. The van der Waals surface area contributed by atoms with E-state index >= 15 is 0 Å². The molecule has 3 N–H and O–H groups in total. The van der Waals surface area contributed by atoms with Crippen LogP contribution in [0.25, 0.3) is 0 Å². The second kappa shape index (κ2) is 5.66. The fourth-order valence-corrected chi connectivity index (χ4v) is 1.61. The Morgan fingerprint density at radius 3 is 1.90 bits per heavy atom. The molecule has 7 heteroatoms. The molecule has 2 rings (SSSR count). The van der Waals surface area contributed by atoms with Crippen LogP contribution in [0, 0.1) is 17.5 Å². The normalized spacial score (nSPS) is 10.2. The number of hydrogen-bond acceptors (Lipinski definition) is 2. The molecule has 2 amide bonds. The van der Waals surface area contributed by atoms with Crippen molar-refractivity contribution in [2.75, 3.05) is 5.32 Å². The van der Waals surface area contributed by atoms with Gasteiger partial charge in [-0.1, -0.05) is 0 Å². The second-order valence-electron chi connectivity index (χ2n) is 4.15. The van der Waals surface area contributed by atoms with Crippen LogP contribution < -0.4 is 11.1 Å². The SMILES string of the molecule is NC(=O)c1ccc(NC(=O)c2cc(F)c(F)c(F)c2)cc1. The molecule has 0 spiro atoms. The number of nitrogens with two attached hydrogens (primary N) is 1. The molecule has 108 valence electrons.